The molecule has 4 aromatic carbocycles. The lowest BCUT2D eigenvalue weighted by Gasteiger charge is -2.14. The summed E-state index contributed by atoms with van der Waals surface area (Å²) in [6.45, 7) is 8.58. The van der Waals surface area contributed by atoms with Crippen LogP contribution in [0, 0.1) is 27.7 Å². The number of carbonyl (C=O) groups is 2. The Morgan fingerprint density at radius 3 is 1.69 bits per heavy atom. The molecule has 0 N–H and O–H groups in total. The fourth-order valence-corrected chi connectivity index (χ4v) is 13.7. The molecular formula is C38H22N2O2S6. The first-order valence-corrected chi connectivity index (χ1v) is 20.2. The van der Waals surface area contributed by atoms with E-state index in [2.05, 4.69) is 74.3 Å². The highest BCUT2D eigenvalue weighted by atomic mass is 32.2. The largest absolute Gasteiger partial charge is 0.281 e. The molecule has 48 heavy (non-hydrogen) atoms. The second kappa shape index (κ2) is 10.4. The number of aryl methyl sites for hydroxylation is 4. The minimum absolute atomic E-state index is 0.0248. The van der Waals surface area contributed by atoms with Gasteiger partial charge >= 0.3 is 0 Å². The number of benzene rings is 4. The lowest BCUT2D eigenvalue weighted by Crippen LogP contribution is -1.93. The summed E-state index contributed by atoms with van der Waals surface area (Å²) in [5.74, 6) is 0. The van der Waals surface area contributed by atoms with Gasteiger partial charge in [0.2, 0.25) is 10.2 Å². The third kappa shape index (κ3) is 4.14. The van der Waals surface area contributed by atoms with E-state index >= 15 is 0 Å². The normalized spacial score (nSPS) is 15.2. The molecule has 0 aliphatic carbocycles. The zero-order chi connectivity index (χ0) is 32.6. The first kappa shape index (κ1) is 29.3. The molecule has 232 valence electrons. The molecule has 10 heteroatoms. The maximum atomic E-state index is 13.3. The fourth-order valence-electron chi connectivity index (χ4n) is 7.23. The van der Waals surface area contributed by atoms with Gasteiger partial charge in [0.25, 0.3) is 0 Å². The number of thiazole rings is 2. The molecule has 0 spiro atoms. The standard InChI is InChI=1S/C38H22N2O2S6/c1-15-9-22-20-6-8-26-24(31(20)16(2)10-21(22)19-5-7-25-23(30(15)19)11-17(3)43-25)12-27(45-26)36-40-14-29(46-36)33-35-34(47-38(33)42)32(37(41)48-35)28-13-39-18(4)44-28/h5-14H,1-4H3. The van der Waals surface area contributed by atoms with Gasteiger partial charge in [-0.1, -0.05) is 24.3 Å². The number of fused-ring (bicyclic) bond motifs is 10. The van der Waals surface area contributed by atoms with Crippen molar-refractivity contribution in [2.75, 3.05) is 0 Å². The highest BCUT2D eigenvalue weighted by Crippen LogP contribution is 2.58. The van der Waals surface area contributed by atoms with Gasteiger partial charge in [-0.3, -0.25) is 9.59 Å². The first-order chi connectivity index (χ1) is 23.2. The van der Waals surface area contributed by atoms with E-state index < -0.39 is 0 Å². The minimum Gasteiger partial charge on any atom is -0.281 e. The molecule has 2 aliphatic heterocycles. The number of nitrogens with zero attached hydrogens (tertiary/aromatic N) is 2. The Morgan fingerprint density at radius 2 is 1.08 bits per heavy atom. The molecule has 0 unspecified atom stereocenters. The van der Waals surface area contributed by atoms with Gasteiger partial charge in [-0.25, -0.2) is 9.97 Å². The Labute approximate surface area is 299 Å². The minimum atomic E-state index is -0.0311. The van der Waals surface area contributed by atoms with E-state index in [0.29, 0.717) is 11.1 Å². The van der Waals surface area contributed by atoms with Crippen molar-refractivity contribution >= 4 is 143 Å². The van der Waals surface area contributed by atoms with Gasteiger partial charge in [0.1, 0.15) is 5.01 Å². The third-order valence-electron chi connectivity index (χ3n) is 9.19. The number of thioether (sulfide) groups is 2. The molecule has 8 aromatic rings. The number of carbonyl (C=O) groups excluding carboxylic acids is 2. The summed E-state index contributed by atoms with van der Waals surface area (Å²) >= 11 is 8.91. The Kier molecular flexibility index (Phi) is 6.37. The molecule has 6 heterocycles. The van der Waals surface area contributed by atoms with Crippen LogP contribution in [0.1, 0.15) is 30.8 Å². The van der Waals surface area contributed by atoms with Gasteiger partial charge in [-0.2, -0.15) is 0 Å². The molecule has 4 aromatic heterocycles. The van der Waals surface area contributed by atoms with Crippen molar-refractivity contribution in [2.45, 2.75) is 27.7 Å². The van der Waals surface area contributed by atoms with Gasteiger partial charge < -0.3 is 0 Å². The quantitative estimate of drug-likeness (QED) is 0.169. The lowest BCUT2D eigenvalue weighted by molar-refractivity contribution is -0.106. The number of hydrogen-bond donors (Lipinski definition) is 0. The van der Waals surface area contributed by atoms with Crippen LogP contribution in [0.5, 0.6) is 0 Å². The van der Waals surface area contributed by atoms with Crippen molar-refractivity contribution < 1.29 is 9.59 Å². The molecule has 0 saturated carbocycles. The molecule has 4 nitrogen and oxygen atoms in total. The Bertz CT molecular complexity index is 2880. The van der Waals surface area contributed by atoms with Crippen LogP contribution in [0.4, 0.5) is 0 Å². The summed E-state index contributed by atoms with van der Waals surface area (Å²) in [6.07, 6.45) is 3.53. The predicted octanol–water partition coefficient (Wildman–Crippen LogP) is 12.1. The molecule has 0 radical (unpaired) electrons. The molecule has 0 fully saturated rings. The summed E-state index contributed by atoms with van der Waals surface area (Å²) in [5, 5.41) is 12.1. The summed E-state index contributed by atoms with van der Waals surface area (Å²) in [4.78, 5) is 41.1. The van der Waals surface area contributed by atoms with E-state index in [0.717, 1.165) is 58.0 Å². The van der Waals surface area contributed by atoms with Crippen molar-refractivity contribution in [3.63, 3.8) is 0 Å². The number of hydrogen-bond acceptors (Lipinski definition) is 10. The second-order valence-corrected chi connectivity index (χ2v) is 18.8. The van der Waals surface area contributed by atoms with Crippen LogP contribution in [0.25, 0.3) is 73.5 Å². The molecule has 10 rings (SSSR count). The van der Waals surface area contributed by atoms with Crippen LogP contribution in [-0.4, -0.2) is 20.2 Å². The van der Waals surface area contributed by atoms with E-state index in [1.54, 1.807) is 23.7 Å². The highest BCUT2D eigenvalue weighted by molar-refractivity contribution is 8.25. The van der Waals surface area contributed by atoms with Crippen LogP contribution >= 0.6 is 68.9 Å². The van der Waals surface area contributed by atoms with Crippen molar-refractivity contribution in [3.8, 4) is 9.88 Å². The van der Waals surface area contributed by atoms with Crippen molar-refractivity contribution in [1.82, 2.24) is 9.97 Å². The average Bonchev–Trinajstić information content (AvgIpc) is 3.89. The Balaban J connectivity index is 1.10. The van der Waals surface area contributed by atoms with E-state index in [-0.39, 0.29) is 10.2 Å². The smallest absolute Gasteiger partial charge is 0.226 e. The molecule has 0 saturated heterocycles. The van der Waals surface area contributed by atoms with Crippen LogP contribution in [0.2, 0.25) is 0 Å². The lowest BCUT2D eigenvalue weighted by atomic mass is 9.90. The monoisotopic (exact) mass is 730 g/mol. The first-order valence-electron chi connectivity index (χ1n) is 15.3. The van der Waals surface area contributed by atoms with Crippen LogP contribution < -0.4 is 0 Å². The second-order valence-electron chi connectivity index (χ2n) is 12.2. The van der Waals surface area contributed by atoms with Crippen LogP contribution in [0.3, 0.4) is 0 Å². The maximum absolute atomic E-state index is 13.3. The summed E-state index contributed by atoms with van der Waals surface area (Å²) in [5.41, 5.74) is 3.77. The van der Waals surface area contributed by atoms with Crippen LogP contribution in [-0.2, 0) is 9.59 Å². The van der Waals surface area contributed by atoms with Gasteiger partial charge in [0, 0.05) is 47.3 Å². The van der Waals surface area contributed by atoms with Gasteiger partial charge in [0.15, 0.2) is 0 Å². The highest BCUT2D eigenvalue weighted by Gasteiger charge is 2.42. The molecule has 0 bridgehead atoms. The van der Waals surface area contributed by atoms with E-state index in [9.17, 15) is 9.59 Å². The Hall–Kier alpha value is -3.64. The number of rotatable bonds is 3. The Morgan fingerprint density at radius 1 is 0.521 bits per heavy atom. The van der Waals surface area contributed by atoms with Gasteiger partial charge in [-0.05, 0) is 119 Å². The van der Waals surface area contributed by atoms with Crippen molar-refractivity contribution in [2.24, 2.45) is 0 Å². The SMILES string of the molecule is Cc1cc2c(ccc3c4cc(C)c5c6cc(-c7ncc(C8=C9SC(=O)C(c%10cnc(C)s%10)=C9SC8=O)s7)sc6ccc5c4cc(C)c23)s1. The van der Waals surface area contributed by atoms with E-state index in [4.69, 9.17) is 4.98 Å². The number of aromatic nitrogens is 2. The fraction of sp³-hybridized carbons (Fsp3) is 0.105. The molecular weight excluding hydrogens is 709 g/mol. The van der Waals surface area contributed by atoms with Gasteiger partial charge in [0.05, 0.1) is 30.8 Å². The van der Waals surface area contributed by atoms with Crippen molar-refractivity contribution in [3.05, 3.63) is 102 Å². The summed E-state index contributed by atoms with van der Waals surface area (Å²) in [6, 6.07) is 18.4. The van der Waals surface area contributed by atoms with Crippen LogP contribution in [0.15, 0.2) is 70.7 Å². The topological polar surface area (TPSA) is 59.9 Å². The van der Waals surface area contributed by atoms with Crippen molar-refractivity contribution in [1.29, 1.82) is 0 Å². The molecule has 0 atom stereocenters. The molecule has 0 amide bonds. The average molecular weight is 731 g/mol. The van der Waals surface area contributed by atoms with Gasteiger partial charge in [-0.15, -0.1) is 45.3 Å². The molecule has 2 aliphatic rings. The van der Waals surface area contributed by atoms with E-state index in [1.165, 1.54) is 91.2 Å². The summed E-state index contributed by atoms with van der Waals surface area (Å²) < 4.78 is 2.56. The maximum Gasteiger partial charge on any atom is 0.226 e. The zero-order valence-electron chi connectivity index (χ0n) is 25.9. The summed E-state index contributed by atoms with van der Waals surface area (Å²) in [7, 11) is 0. The zero-order valence-corrected chi connectivity index (χ0v) is 30.8. The number of thiophene rings is 2. The predicted molar refractivity (Wildman–Crippen MR) is 211 cm³/mol. The third-order valence-corrected chi connectivity index (χ3v) is 15.6. The van der Waals surface area contributed by atoms with E-state index in [1.807, 2.05) is 18.3 Å².